The van der Waals surface area contributed by atoms with E-state index < -0.39 is 12.1 Å². The molecule has 1 unspecified atom stereocenters. The van der Waals surface area contributed by atoms with Gasteiger partial charge in [-0.2, -0.15) is 0 Å². The lowest BCUT2D eigenvalue weighted by molar-refractivity contribution is 0.121. The van der Waals surface area contributed by atoms with Gasteiger partial charge in [0.15, 0.2) is 5.76 Å². The molecule has 1 aliphatic heterocycles. The van der Waals surface area contributed by atoms with Gasteiger partial charge in [-0.25, -0.2) is 4.79 Å². The molecule has 1 aromatic carbocycles. The third kappa shape index (κ3) is 1.97. The van der Waals surface area contributed by atoms with Crippen molar-refractivity contribution in [2.24, 2.45) is 0 Å². The molecule has 1 amide bonds. The van der Waals surface area contributed by atoms with Crippen LogP contribution in [0.1, 0.15) is 28.6 Å². The van der Waals surface area contributed by atoms with Crippen LogP contribution >= 0.6 is 0 Å². The van der Waals surface area contributed by atoms with E-state index in [-0.39, 0.29) is 0 Å². The average molecular weight is 258 g/mol. The Kier molecular flexibility index (Phi) is 2.74. The quantitative estimate of drug-likeness (QED) is 0.853. The van der Waals surface area contributed by atoms with E-state index in [1.165, 1.54) is 10.5 Å². The van der Waals surface area contributed by atoms with Crippen LogP contribution in [0, 0.1) is 6.92 Å². The monoisotopic (exact) mass is 258 g/mol. The van der Waals surface area contributed by atoms with Gasteiger partial charge in [0.1, 0.15) is 6.04 Å². The summed E-state index contributed by atoms with van der Waals surface area (Å²) in [5.41, 5.74) is 2.90. The Morgan fingerprint density at radius 3 is 2.95 bits per heavy atom. The summed E-state index contributed by atoms with van der Waals surface area (Å²) in [6.45, 7) is 2.30. The number of aromatic nitrogens is 1. The molecule has 1 aromatic heterocycles. The highest BCUT2D eigenvalue weighted by atomic mass is 16.5. The lowest BCUT2D eigenvalue weighted by Gasteiger charge is -2.33. The maximum atomic E-state index is 11.4. The number of hydrogen-bond acceptors (Lipinski definition) is 3. The summed E-state index contributed by atoms with van der Waals surface area (Å²) < 4.78 is 5.29. The van der Waals surface area contributed by atoms with Crippen molar-refractivity contribution in [1.29, 1.82) is 0 Å². The van der Waals surface area contributed by atoms with Crippen LogP contribution in [0.2, 0.25) is 0 Å². The van der Waals surface area contributed by atoms with E-state index in [2.05, 4.69) is 5.16 Å². The first-order chi connectivity index (χ1) is 9.16. The van der Waals surface area contributed by atoms with E-state index in [0.717, 1.165) is 17.7 Å². The summed E-state index contributed by atoms with van der Waals surface area (Å²) >= 11 is 0. The van der Waals surface area contributed by atoms with Gasteiger partial charge in [-0.05, 0) is 24.5 Å². The number of fused-ring (bicyclic) bond motifs is 1. The zero-order valence-corrected chi connectivity index (χ0v) is 10.5. The first-order valence-electron chi connectivity index (χ1n) is 6.17. The summed E-state index contributed by atoms with van der Waals surface area (Å²) in [4.78, 5) is 12.8. The van der Waals surface area contributed by atoms with Crippen LogP contribution in [0.15, 0.2) is 34.9 Å². The molecule has 5 nitrogen and oxygen atoms in total. The largest absolute Gasteiger partial charge is 0.465 e. The summed E-state index contributed by atoms with van der Waals surface area (Å²) in [5, 5.41) is 13.2. The van der Waals surface area contributed by atoms with Crippen LogP contribution in [-0.4, -0.2) is 27.8 Å². The third-order valence-corrected chi connectivity index (χ3v) is 3.44. The van der Waals surface area contributed by atoms with Crippen molar-refractivity contribution in [3.63, 3.8) is 0 Å². The second kappa shape index (κ2) is 4.42. The van der Waals surface area contributed by atoms with Crippen molar-refractivity contribution in [1.82, 2.24) is 10.1 Å². The van der Waals surface area contributed by atoms with Gasteiger partial charge in [0.25, 0.3) is 0 Å². The number of benzene rings is 1. The second-order valence-electron chi connectivity index (χ2n) is 4.70. The molecule has 1 atom stereocenters. The van der Waals surface area contributed by atoms with Crippen LogP contribution < -0.4 is 0 Å². The first kappa shape index (κ1) is 11.8. The fourth-order valence-corrected chi connectivity index (χ4v) is 2.59. The normalized spacial score (nSPS) is 18.2. The number of nitrogens with zero attached hydrogens (tertiary/aromatic N) is 2. The number of hydrogen-bond donors (Lipinski definition) is 1. The predicted molar refractivity (Wildman–Crippen MR) is 68.0 cm³/mol. The van der Waals surface area contributed by atoms with E-state index in [1.54, 1.807) is 6.07 Å². The molecule has 3 rings (SSSR count). The predicted octanol–water partition coefficient (Wildman–Crippen LogP) is 2.61. The Hall–Kier alpha value is -2.30. The van der Waals surface area contributed by atoms with Crippen LogP contribution in [-0.2, 0) is 6.42 Å². The molecule has 0 bridgehead atoms. The van der Waals surface area contributed by atoms with E-state index in [1.807, 2.05) is 31.2 Å². The van der Waals surface area contributed by atoms with Gasteiger partial charge in [0.2, 0.25) is 0 Å². The first-order valence-corrected chi connectivity index (χ1v) is 6.17. The van der Waals surface area contributed by atoms with Crippen molar-refractivity contribution in [3.8, 4) is 0 Å². The SMILES string of the molecule is Cc1cc(C2c3ccccc3CCN2C(=O)O)on1. The minimum Gasteiger partial charge on any atom is -0.465 e. The average Bonchev–Trinajstić information content (AvgIpc) is 2.83. The molecule has 2 heterocycles. The van der Waals surface area contributed by atoms with Crippen molar-refractivity contribution >= 4 is 6.09 Å². The van der Waals surface area contributed by atoms with Gasteiger partial charge in [0.05, 0.1) is 5.69 Å². The van der Waals surface area contributed by atoms with Gasteiger partial charge in [-0.1, -0.05) is 29.4 Å². The molecule has 1 aliphatic rings. The molecule has 98 valence electrons. The molecule has 0 saturated heterocycles. The highest BCUT2D eigenvalue weighted by Crippen LogP contribution is 2.35. The van der Waals surface area contributed by atoms with E-state index >= 15 is 0 Å². The summed E-state index contributed by atoms with van der Waals surface area (Å²) in [6, 6.07) is 9.27. The molecular weight excluding hydrogens is 244 g/mol. The molecule has 2 aromatic rings. The molecule has 19 heavy (non-hydrogen) atoms. The highest BCUT2D eigenvalue weighted by molar-refractivity contribution is 5.67. The molecule has 0 radical (unpaired) electrons. The number of rotatable bonds is 1. The smallest absolute Gasteiger partial charge is 0.408 e. The Balaban J connectivity index is 2.12. The summed E-state index contributed by atoms with van der Waals surface area (Å²) in [5.74, 6) is 0.576. The Morgan fingerprint density at radius 1 is 1.47 bits per heavy atom. The van der Waals surface area contributed by atoms with Crippen molar-refractivity contribution < 1.29 is 14.4 Å². The maximum absolute atomic E-state index is 11.4. The van der Waals surface area contributed by atoms with Crippen molar-refractivity contribution in [3.05, 3.63) is 52.9 Å². The fraction of sp³-hybridized carbons (Fsp3) is 0.286. The fourth-order valence-electron chi connectivity index (χ4n) is 2.59. The molecule has 0 aliphatic carbocycles. The topological polar surface area (TPSA) is 66.6 Å². The van der Waals surface area contributed by atoms with E-state index in [0.29, 0.717) is 12.3 Å². The number of aryl methyl sites for hydroxylation is 1. The Bertz CT molecular complexity index is 621. The zero-order chi connectivity index (χ0) is 13.4. The van der Waals surface area contributed by atoms with E-state index in [9.17, 15) is 9.90 Å². The van der Waals surface area contributed by atoms with Crippen LogP contribution in [0.3, 0.4) is 0 Å². The van der Waals surface area contributed by atoms with Gasteiger partial charge < -0.3 is 9.63 Å². The van der Waals surface area contributed by atoms with Crippen LogP contribution in [0.25, 0.3) is 0 Å². The number of amides is 1. The van der Waals surface area contributed by atoms with Gasteiger partial charge in [0, 0.05) is 12.6 Å². The lowest BCUT2D eigenvalue weighted by Crippen LogP contribution is -2.39. The number of carboxylic acid groups (broad SMARTS) is 1. The second-order valence-corrected chi connectivity index (χ2v) is 4.70. The third-order valence-electron chi connectivity index (χ3n) is 3.44. The van der Waals surface area contributed by atoms with Crippen LogP contribution in [0.5, 0.6) is 0 Å². The number of carbonyl (C=O) groups is 1. The van der Waals surface area contributed by atoms with E-state index in [4.69, 9.17) is 4.52 Å². The molecule has 5 heteroatoms. The summed E-state index contributed by atoms with van der Waals surface area (Å²) in [6.07, 6.45) is -0.208. The Morgan fingerprint density at radius 2 is 2.26 bits per heavy atom. The summed E-state index contributed by atoms with van der Waals surface area (Å²) in [7, 11) is 0. The maximum Gasteiger partial charge on any atom is 0.408 e. The minimum absolute atomic E-state index is 0.399. The van der Waals surface area contributed by atoms with Crippen molar-refractivity contribution in [2.45, 2.75) is 19.4 Å². The van der Waals surface area contributed by atoms with Gasteiger partial charge in [-0.15, -0.1) is 0 Å². The molecular formula is C14H14N2O3. The molecule has 0 fully saturated rings. The lowest BCUT2D eigenvalue weighted by atomic mass is 9.91. The van der Waals surface area contributed by atoms with Gasteiger partial charge >= 0.3 is 6.09 Å². The standard InChI is InChI=1S/C14H14N2O3/c1-9-8-12(19-15-9)13-11-5-3-2-4-10(11)6-7-16(13)14(17)18/h2-5,8,13H,6-7H2,1H3,(H,17,18). The Labute approximate surface area is 110 Å². The molecule has 0 spiro atoms. The van der Waals surface area contributed by atoms with Gasteiger partial charge in [-0.3, -0.25) is 4.90 Å². The van der Waals surface area contributed by atoms with Crippen LogP contribution in [0.4, 0.5) is 4.79 Å². The zero-order valence-electron chi connectivity index (χ0n) is 10.5. The minimum atomic E-state index is -0.937. The highest BCUT2D eigenvalue weighted by Gasteiger charge is 2.34. The van der Waals surface area contributed by atoms with Crippen molar-refractivity contribution in [2.75, 3.05) is 6.54 Å². The molecule has 1 N–H and O–H groups in total. The molecule has 0 saturated carbocycles.